The predicted octanol–water partition coefficient (Wildman–Crippen LogP) is -11.1. The monoisotopic (exact) mass is 839 g/mol. The molecule has 0 aromatic carbocycles. The van der Waals surface area contributed by atoms with Gasteiger partial charge in [0.2, 0.25) is 5.91 Å². The zero-order valence-corrected chi connectivity index (χ0v) is 30.2. The summed E-state index contributed by atoms with van der Waals surface area (Å²) in [6.45, 7) is -3.33. The van der Waals surface area contributed by atoms with Crippen molar-refractivity contribution in [2.24, 2.45) is 0 Å². The van der Waals surface area contributed by atoms with Gasteiger partial charge in [-0.25, -0.2) is 0 Å². The minimum absolute atomic E-state index is 0.614. The van der Waals surface area contributed by atoms with Crippen molar-refractivity contribution in [2.45, 2.75) is 154 Å². The van der Waals surface area contributed by atoms with Crippen LogP contribution in [0.4, 0.5) is 0 Å². The van der Waals surface area contributed by atoms with Crippen molar-refractivity contribution in [1.82, 2.24) is 5.32 Å². The molecule has 1 amide bonds. The average Bonchev–Trinajstić information content (AvgIpc) is 3.18. The van der Waals surface area contributed by atoms with Crippen molar-refractivity contribution >= 4 is 5.91 Å². The molecule has 0 radical (unpaired) electrons. The molecule has 5 aliphatic rings. The molecule has 5 fully saturated rings. The number of aliphatic hydroxyl groups is 15. The van der Waals surface area contributed by atoms with Crippen LogP contribution < -0.4 is 5.32 Å². The lowest BCUT2D eigenvalue weighted by atomic mass is 9.95. The Morgan fingerprint density at radius 2 is 0.965 bits per heavy atom. The molecule has 16 N–H and O–H groups in total. The number of amides is 1. The van der Waals surface area contributed by atoms with E-state index in [0.29, 0.717) is 0 Å². The van der Waals surface area contributed by atoms with E-state index in [1.54, 1.807) is 0 Å². The molecule has 57 heavy (non-hydrogen) atoms. The number of carbonyl (C=O) groups is 1. The Kier molecular flexibility index (Phi) is 16.3. The molecule has 332 valence electrons. The smallest absolute Gasteiger partial charge is 0.217 e. The molecule has 5 heterocycles. The fourth-order valence-corrected chi connectivity index (χ4v) is 7.10. The van der Waals surface area contributed by atoms with Gasteiger partial charge < -0.3 is 125 Å². The topological polar surface area (TPSA) is 416 Å². The van der Waals surface area contributed by atoms with Crippen molar-refractivity contribution < 1.29 is 124 Å². The van der Waals surface area contributed by atoms with E-state index in [9.17, 15) is 81.4 Å². The molecule has 5 aliphatic heterocycles. The van der Waals surface area contributed by atoms with E-state index in [1.807, 2.05) is 0 Å². The fraction of sp³-hybridized carbons (Fsp3) is 0.968. The van der Waals surface area contributed by atoms with Crippen molar-refractivity contribution in [3.8, 4) is 0 Å². The molecule has 0 bridgehead atoms. The molecule has 0 saturated carbocycles. The third-order valence-corrected chi connectivity index (χ3v) is 10.3. The number of hydrogen-bond donors (Lipinski definition) is 16. The van der Waals surface area contributed by atoms with Crippen LogP contribution in [-0.4, -0.2) is 263 Å². The zero-order chi connectivity index (χ0) is 42.0. The maximum atomic E-state index is 12.1. The molecule has 0 aromatic rings. The Balaban J connectivity index is 1.53. The highest BCUT2D eigenvalue weighted by atomic mass is 16.8. The van der Waals surface area contributed by atoms with Crippen LogP contribution in [-0.2, 0) is 47.4 Å². The lowest BCUT2D eigenvalue weighted by Crippen LogP contribution is -2.69. The highest BCUT2D eigenvalue weighted by molar-refractivity contribution is 5.73. The van der Waals surface area contributed by atoms with Crippen LogP contribution in [0.25, 0.3) is 0 Å². The van der Waals surface area contributed by atoms with Crippen molar-refractivity contribution in [1.29, 1.82) is 0 Å². The molecule has 0 aliphatic carbocycles. The number of hydrogen-bond acceptors (Lipinski definition) is 25. The number of ether oxygens (including phenoxy) is 9. The van der Waals surface area contributed by atoms with Crippen molar-refractivity contribution in [3.63, 3.8) is 0 Å². The number of rotatable bonds is 13. The maximum absolute atomic E-state index is 12.1. The Labute approximate surface area is 322 Å². The lowest BCUT2D eigenvalue weighted by molar-refractivity contribution is -0.408. The molecule has 26 nitrogen and oxygen atoms in total. The van der Waals surface area contributed by atoms with Gasteiger partial charge >= 0.3 is 0 Å². The highest BCUT2D eigenvalue weighted by Crippen LogP contribution is 2.37. The summed E-state index contributed by atoms with van der Waals surface area (Å²) in [7, 11) is 0. The Morgan fingerprint density at radius 1 is 0.491 bits per heavy atom. The Hall–Kier alpha value is -1.49. The van der Waals surface area contributed by atoms with E-state index in [4.69, 9.17) is 42.6 Å². The van der Waals surface area contributed by atoms with Crippen LogP contribution in [0, 0.1) is 0 Å². The van der Waals surface area contributed by atoms with Crippen molar-refractivity contribution in [2.75, 3.05) is 33.0 Å². The molecule has 24 atom stereocenters. The molecular weight excluding hydrogens is 786 g/mol. The quantitative estimate of drug-likeness (QED) is 0.0818. The molecule has 1 unspecified atom stereocenters. The third kappa shape index (κ3) is 9.85. The largest absolute Gasteiger partial charge is 0.394 e. The first kappa shape index (κ1) is 46.6. The van der Waals surface area contributed by atoms with Gasteiger partial charge in [-0.15, -0.1) is 0 Å². The molecule has 0 spiro atoms. The van der Waals surface area contributed by atoms with Gasteiger partial charge in [-0.3, -0.25) is 4.79 Å². The summed E-state index contributed by atoms with van der Waals surface area (Å²) in [6.07, 6.45) is -43.2. The fourth-order valence-electron chi connectivity index (χ4n) is 7.10. The molecule has 5 saturated heterocycles. The van der Waals surface area contributed by atoms with Gasteiger partial charge in [0.05, 0.1) is 33.0 Å². The minimum atomic E-state index is -2.09. The summed E-state index contributed by atoms with van der Waals surface area (Å²) in [5, 5.41) is 160. The van der Waals surface area contributed by atoms with Gasteiger partial charge in [-0.05, 0) is 0 Å². The molecule has 26 heteroatoms. The summed E-state index contributed by atoms with van der Waals surface area (Å²) >= 11 is 0. The maximum Gasteiger partial charge on any atom is 0.217 e. The number of aliphatic hydroxyl groups excluding tert-OH is 15. The molecular formula is C31H53NO25. The summed E-state index contributed by atoms with van der Waals surface area (Å²) in [4.78, 5) is 12.1. The highest BCUT2D eigenvalue weighted by Gasteiger charge is 2.57. The predicted molar refractivity (Wildman–Crippen MR) is 172 cm³/mol. The Morgan fingerprint density at radius 3 is 1.54 bits per heavy atom. The van der Waals surface area contributed by atoms with Gasteiger partial charge in [0.25, 0.3) is 0 Å². The Bertz CT molecular complexity index is 1270. The van der Waals surface area contributed by atoms with Crippen LogP contribution >= 0.6 is 0 Å². The first-order valence-corrected chi connectivity index (χ1v) is 18.0. The van der Waals surface area contributed by atoms with E-state index in [-0.39, 0.29) is 0 Å². The van der Waals surface area contributed by atoms with Gasteiger partial charge in [0, 0.05) is 6.92 Å². The first-order valence-electron chi connectivity index (χ1n) is 18.0. The minimum Gasteiger partial charge on any atom is -0.394 e. The van der Waals surface area contributed by atoms with E-state index in [1.165, 1.54) is 0 Å². The standard InChI is InChI=1S/C31H53NO25/c1-7(37)32-13-18(43)15(40)9(2-33)51-28(13)56-25-19(44)16(41)10(3-34)52-30(25)55-24-17(42)11(4-35)53-31(26(24)57-29-22(47)14(39)8(38)6-49-29)54-23-12(5-36)50-27(48)21(46)20(23)45/h8-31,33-36,38-48H,2-6H2,1H3,(H,32,37)/t8-,9-,10-,11-,12-,13-,14+,15-,16-,17-,18-,19+,20-,21-,22-,23-,24+,25+,26+,27?,28+,29+,30-,31+/m1/s1. The molecule has 5 rings (SSSR count). The second kappa shape index (κ2) is 19.9. The second-order valence-electron chi connectivity index (χ2n) is 14.2. The SMILES string of the molecule is CC(=O)N[C@H]1[C@H](O[C@@H]2[C@@H](O[C@H]3[C@H](O)[C@@H](CO)O[C@@H](O[C@H]4[C@H](O)[C@@H](O)C(O)O[C@@H]4CO)[C@H]3O[C@@H]3OC[C@@H](O)[C@H](O)[C@H]3O)O[C@H](CO)[C@@H](O)[C@@H]2O)O[C@H](CO)[C@@H](O)[C@@H]1O. The second-order valence-corrected chi connectivity index (χ2v) is 14.2. The lowest BCUT2D eigenvalue weighted by Gasteiger charge is -2.51. The van der Waals surface area contributed by atoms with E-state index in [0.717, 1.165) is 6.92 Å². The molecule has 0 aromatic heterocycles. The van der Waals surface area contributed by atoms with Gasteiger partial charge in [-0.1, -0.05) is 0 Å². The van der Waals surface area contributed by atoms with E-state index < -0.39 is 186 Å². The average molecular weight is 840 g/mol. The van der Waals surface area contributed by atoms with E-state index >= 15 is 0 Å². The van der Waals surface area contributed by atoms with Gasteiger partial charge in [0.1, 0.15) is 116 Å². The van der Waals surface area contributed by atoms with E-state index in [2.05, 4.69) is 5.32 Å². The summed E-state index contributed by atoms with van der Waals surface area (Å²) in [6, 6.07) is -1.61. The van der Waals surface area contributed by atoms with Crippen LogP contribution in [0.3, 0.4) is 0 Å². The van der Waals surface area contributed by atoms with Crippen LogP contribution in [0.2, 0.25) is 0 Å². The van der Waals surface area contributed by atoms with Crippen molar-refractivity contribution in [3.05, 3.63) is 0 Å². The summed E-state index contributed by atoms with van der Waals surface area (Å²) < 4.78 is 51.4. The zero-order valence-electron chi connectivity index (χ0n) is 30.2. The van der Waals surface area contributed by atoms with Gasteiger partial charge in [-0.2, -0.15) is 0 Å². The number of nitrogens with one attached hydrogen (secondary N) is 1. The number of carbonyl (C=O) groups excluding carboxylic acids is 1. The van der Waals surface area contributed by atoms with Crippen LogP contribution in [0.15, 0.2) is 0 Å². The van der Waals surface area contributed by atoms with Crippen LogP contribution in [0.5, 0.6) is 0 Å². The van der Waals surface area contributed by atoms with Crippen LogP contribution in [0.1, 0.15) is 6.92 Å². The normalized spacial score (nSPS) is 51.0. The van der Waals surface area contributed by atoms with Gasteiger partial charge in [0.15, 0.2) is 31.5 Å². The summed E-state index contributed by atoms with van der Waals surface area (Å²) in [5.74, 6) is -0.755. The first-order chi connectivity index (χ1) is 27.0. The summed E-state index contributed by atoms with van der Waals surface area (Å²) in [5.41, 5.74) is 0. The third-order valence-electron chi connectivity index (χ3n) is 10.3.